The molecule has 4 nitrogen and oxygen atoms in total. The van der Waals surface area contributed by atoms with Crippen LogP contribution in [0.25, 0.3) is 10.9 Å². The molecule has 0 saturated carbocycles. The highest BCUT2D eigenvalue weighted by Gasteiger charge is 2.67. The largest absolute Gasteiger partial charge is 0.465 e. The highest BCUT2D eigenvalue weighted by atomic mass is 32.5. The zero-order valence-electron chi connectivity index (χ0n) is 10.3. The maximum absolute atomic E-state index is 12.7. The summed E-state index contributed by atoms with van der Waals surface area (Å²) in [5, 5.41) is -0.360. The predicted molar refractivity (Wildman–Crippen MR) is 67.3 cm³/mol. The molecule has 0 fully saturated rings. The van der Waals surface area contributed by atoms with Crippen LogP contribution in [0, 0.1) is 0 Å². The van der Waals surface area contributed by atoms with E-state index in [-0.39, 0.29) is 22.5 Å². The Kier molecular flexibility index (Phi) is 2.73. The number of methoxy groups -OCH3 is 1. The van der Waals surface area contributed by atoms with Crippen LogP contribution in [-0.2, 0) is 4.74 Å². The first-order valence-corrected chi connectivity index (χ1v) is 7.26. The van der Waals surface area contributed by atoms with Crippen LogP contribution in [-0.4, -0.2) is 18.1 Å². The number of ether oxygens (including phenoxy) is 1. The van der Waals surface area contributed by atoms with Crippen molar-refractivity contribution in [3.63, 3.8) is 0 Å². The van der Waals surface area contributed by atoms with Gasteiger partial charge in [-0.25, -0.2) is 4.79 Å². The third-order valence-electron chi connectivity index (χ3n) is 2.65. The average Bonchev–Trinajstić information content (AvgIpc) is 2.33. The van der Waals surface area contributed by atoms with Crippen LogP contribution in [0.15, 0.2) is 34.0 Å². The molecule has 1 aromatic heterocycles. The van der Waals surface area contributed by atoms with Gasteiger partial charge >= 0.3 is 16.2 Å². The van der Waals surface area contributed by atoms with Crippen molar-refractivity contribution in [2.24, 2.45) is 0 Å². The summed E-state index contributed by atoms with van der Waals surface area (Å²) in [6.07, 6.45) is 0. The summed E-state index contributed by atoms with van der Waals surface area (Å²) >= 11 is 0. The summed E-state index contributed by atoms with van der Waals surface area (Å²) < 4.78 is 68.1. The molecule has 0 aliphatic carbocycles. The molecule has 21 heavy (non-hydrogen) atoms. The fourth-order valence-corrected chi connectivity index (χ4v) is 2.47. The normalized spacial score (nSPS) is 15.3. The molecule has 1 aromatic carbocycles. The van der Waals surface area contributed by atoms with Gasteiger partial charge in [-0.15, -0.1) is 0 Å². The van der Waals surface area contributed by atoms with Crippen molar-refractivity contribution in [3.05, 3.63) is 40.2 Å². The van der Waals surface area contributed by atoms with Gasteiger partial charge in [-0.1, -0.05) is 19.4 Å². The van der Waals surface area contributed by atoms with Gasteiger partial charge in [-0.2, -0.15) is 0 Å². The van der Waals surface area contributed by atoms with Gasteiger partial charge in [0.2, 0.25) is 0 Å². The second kappa shape index (κ2) is 3.75. The molecule has 116 valence electrons. The van der Waals surface area contributed by atoms with Crippen molar-refractivity contribution < 1.29 is 29.0 Å². The fourth-order valence-electron chi connectivity index (χ4n) is 1.72. The number of aromatic amines is 1. The number of pyridine rings is 1. The van der Waals surface area contributed by atoms with Gasteiger partial charge in [0, 0.05) is 10.9 Å². The van der Waals surface area contributed by atoms with Gasteiger partial charge in [0.05, 0.1) is 12.7 Å². The smallest absolute Gasteiger partial charge is 0.337 e. The molecule has 0 amide bonds. The first-order valence-electron chi connectivity index (χ1n) is 5.31. The molecule has 2 aromatic rings. The molecular formula is C11H8F5NO3S. The van der Waals surface area contributed by atoms with E-state index >= 15 is 0 Å². The highest BCUT2D eigenvalue weighted by Crippen LogP contribution is 3.01. The lowest BCUT2D eigenvalue weighted by Gasteiger charge is -2.39. The Morgan fingerprint density at radius 1 is 1.14 bits per heavy atom. The molecule has 0 saturated heterocycles. The summed E-state index contributed by atoms with van der Waals surface area (Å²) in [5.41, 5.74) is -2.18. The van der Waals surface area contributed by atoms with E-state index in [0.717, 1.165) is 19.2 Å². The monoisotopic (exact) mass is 329 g/mol. The number of hydrogen-bond donors (Lipinski definition) is 1. The van der Waals surface area contributed by atoms with E-state index in [1.807, 2.05) is 0 Å². The molecule has 0 aliphatic rings. The molecule has 10 heteroatoms. The van der Waals surface area contributed by atoms with Crippen molar-refractivity contribution in [2.45, 2.75) is 4.90 Å². The van der Waals surface area contributed by atoms with Gasteiger partial charge in [0.1, 0.15) is 0 Å². The summed E-state index contributed by atoms with van der Waals surface area (Å²) in [6, 6.07) is 3.26. The number of rotatable bonds is 2. The van der Waals surface area contributed by atoms with Crippen LogP contribution in [0.2, 0.25) is 0 Å². The lowest BCUT2D eigenvalue weighted by atomic mass is 10.1. The van der Waals surface area contributed by atoms with Crippen LogP contribution in [0.4, 0.5) is 19.4 Å². The Bertz CT molecular complexity index is 813. The summed E-state index contributed by atoms with van der Waals surface area (Å²) in [6.45, 7) is 0. The van der Waals surface area contributed by atoms with Crippen LogP contribution >= 0.6 is 10.2 Å². The first-order chi connectivity index (χ1) is 9.31. The number of H-pyrrole nitrogens is 1. The SMILES string of the molecule is COC(=O)c1ccc2[nH]c(=O)c(S(F)(F)(F)(F)F)cc2c1. The maximum atomic E-state index is 12.7. The Morgan fingerprint density at radius 2 is 1.76 bits per heavy atom. The summed E-state index contributed by atoms with van der Waals surface area (Å²) in [4.78, 5) is 21.7. The fraction of sp³-hybridized carbons (Fsp3) is 0.0909. The number of aromatic nitrogens is 1. The second-order valence-electron chi connectivity index (χ2n) is 4.23. The van der Waals surface area contributed by atoms with Crippen molar-refractivity contribution in [1.82, 2.24) is 4.98 Å². The summed E-state index contributed by atoms with van der Waals surface area (Å²) in [7, 11) is -9.07. The van der Waals surface area contributed by atoms with E-state index < -0.39 is 26.6 Å². The molecule has 1 N–H and O–H groups in total. The lowest BCUT2D eigenvalue weighted by Crippen LogP contribution is -2.20. The number of fused-ring (bicyclic) bond motifs is 1. The Balaban J connectivity index is 2.81. The number of halogens is 5. The van der Waals surface area contributed by atoms with Crippen LogP contribution in [0.5, 0.6) is 0 Å². The number of carbonyl (C=O) groups is 1. The topological polar surface area (TPSA) is 59.2 Å². The second-order valence-corrected chi connectivity index (χ2v) is 6.60. The molecule has 0 bridgehead atoms. The van der Waals surface area contributed by atoms with Crippen molar-refractivity contribution in [3.8, 4) is 0 Å². The van der Waals surface area contributed by atoms with Gasteiger partial charge in [0.25, 0.3) is 5.56 Å². The van der Waals surface area contributed by atoms with E-state index in [9.17, 15) is 29.0 Å². The van der Waals surface area contributed by atoms with E-state index in [1.165, 1.54) is 6.07 Å². The van der Waals surface area contributed by atoms with E-state index in [4.69, 9.17) is 0 Å². The zero-order chi connectivity index (χ0) is 16.1. The van der Waals surface area contributed by atoms with Crippen LogP contribution < -0.4 is 5.56 Å². The molecule has 1 heterocycles. The minimum atomic E-state index is -10.1. The molecule has 0 aliphatic heterocycles. The van der Waals surface area contributed by atoms with Crippen molar-refractivity contribution in [2.75, 3.05) is 7.11 Å². The Morgan fingerprint density at radius 3 is 2.29 bits per heavy atom. The number of carbonyl (C=O) groups excluding carboxylic acids is 1. The summed E-state index contributed by atoms with van der Waals surface area (Å²) in [5.74, 6) is -0.850. The third kappa shape index (κ3) is 2.99. The Hall–Kier alpha value is -2.10. The van der Waals surface area contributed by atoms with Gasteiger partial charge in [-0.05, 0) is 24.3 Å². The molecule has 0 radical (unpaired) electrons. The molecule has 0 unspecified atom stereocenters. The number of hydrogen-bond acceptors (Lipinski definition) is 3. The first kappa shape index (κ1) is 15.3. The van der Waals surface area contributed by atoms with Crippen LogP contribution in [0.3, 0.4) is 0 Å². The zero-order valence-corrected chi connectivity index (χ0v) is 11.1. The highest BCUT2D eigenvalue weighted by molar-refractivity contribution is 8.45. The van der Waals surface area contributed by atoms with Gasteiger partial charge < -0.3 is 9.72 Å². The molecular weight excluding hydrogens is 321 g/mol. The molecule has 0 atom stereocenters. The van der Waals surface area contributed by atoms with E-state index in [0.29, 0.717) is 0 Å². The van der Waals surface area contributed by atoms with Gasteiger partial charge in [0.15, 0.2) is 4.90 Å². The standard InChI is InChI=1S/C11H8F5NO3S/c1-20-11(19)6-2-3-8-7(4-6)5-9(10(18)17-8)21(12,13,14,15)16/h2-5H,1H3,(H,17,18). The quantitative estimate of drug-likeness (QED) is 0.670. The maximum Gasteiger partial charge on any atom is 0.337 e. The lowest BCUT2D eigenvalue weighted by molar-refractivity contribution is 0.0601. The minimum Gasteiger partial charge on any atom is -0.465 e. The average molecular weight is 329 g/mol. The molecule has 2 rings (SSSR count). The van der Waals surface area contributed by atoms with Gasteiger partial charge in [-0.3, -0.25) is 4.79 Å². The number of esters is 1. The third-order valence-corrected chi connectivity index (χ3v) is 3.78. The van der Waals surface area contributed by atoms with E-state index in [2.05, 4.69) is 4.74 Å². The predicted octanol–water partition coefficient (Wildman–Crippen LogP) is 3.97. The Labute approximate surface area is 114 Å². The van der Waals surface area contributed by atoms with Crippen molar-refractivity contribution >= 4 is 27.1 Å². The van der Waals surface area contributed by atoms with Crippen LogP contribution in [0.1, 0.15) is 10.4 Å². The number of benzene rings is 1. The minimum absolute atomic E-state index is 0.0299. The van der Waals surface area contributed by atoms with E-state index in [1.54, 1.807) is 4.98 Å². The molecule has 0 spiro atoms. The number of nitrogens with one attached hydrogen (secondary N) is 1. The van der Waals surface area contributed by atoms with Crippen molar-refractivity contribution in [1.29, 1.82) is 0 Å².